The molecular formula is C15H20N2O. The smallest absolute Gasteiger partial charge is 0.0991 e. The Kier molecular flexibility index (Phi) is 3.88. The lowest BCUT2D eigenvalue weighted by Gasteiger charge is -2.40. The van der Waals surface area contributed by atoms with E-state index in [1.165, 1.54) is 11.3 Å². The van der Waals surface area contributed by atoms with Crippen molar-refractivity contribution < 1.29 is 4.74 Å². The van der Waals surface area contributed by atoms with Gasteiger partial charge in [-0.3, -0.25) is 0 Å². The number of hydrogen-bond acceptors (Lipinski definition) is 3. The summed E-state index contributed by atoms with van der Waals surface area (Å²) in [6.07, 6.45) is 1.34. The highest BCUT2D eigenvalue weighted by Gasteiger charge is 2.26. The fourth-order valence-corrected chi connectivity index (χ4v) is 2.52. The average Bonchev–Trinajstić information content (AvgIpc) is 2.38. The number of morpholine rings is 1. The fraction of sp³-hybridized carbons (Fsp3) is 0.533. The third kappa shape index (κ3) is 2.49. The summed E-state index contributed by atoms with van der Waals surface area (Å²) in [5.41, 5.74) is 3.13. The van der Waals surface area contributed by atoms with Crippen molar-refractivity contribution in [3.8, 4) is 6.07 Å². The van der Waals surface area contributed by atoms with Gasteiger partial charge in [0.05, 0.1) is 30.4 Å². The Morgan fingerprint density at radius 1 is 1.50 bits per heavy atom. The standard InChI is InChI=1S/C15H20N2O/c1-4-14-10-18-12(3)9-17(14)15-6-5-13(8-16)7-11(15)2/h5-7,12,14H,4,9-10H2,1-3H3. The molecule has 3 nitrogen and oxygen atoms in total. The van der Waals surface area contributed by atoms with Gasteiger partial charge in [-0.15, -0.1) is 0 Å². The predicted molar refractivity (Wildman–Crippen MR) is 72.7 cm³/mol. The first-order chi connectivity index (χ1) is 8.65. The largest absolute Gasteiger partial charge is 0.375 e. The molecule has 0 aromatic heterocycles. The summed E-state index contributed by atoms with van der Waals surface area (Å²) in [6.45, 7) is 8.08. The quantitative estimate of drug-likeness (QED) is 0.802. The minimum atomic E-state index is 0.267. The average molecular weight is 244 g/mol. The number of aryl methyl sites for hydroxylation is 1. The van der Waals surface area contributed by atoms with Crippen molar-refractivity contribution in [3.05, 3.63) is 29.3 Å². The number of benzene rings is 1. The van der Waals surface area contributed by atoms with Crippen molar-refractivity contribution in [1.29, 1.82) is 5.26 Å². The summed E-state index contributed by atoms with van der Waals surface area (Å²) in [5, 5.41) is 8.92. The van der Waals surface area contributed by atoms with Gasteiger partial charge >= 0.3 is 0 Å². The van der Waals surface area contributed by atoms with Crippen molar-refractivity contribution in [2.45, 2.75) is 39.3 Å². The molecule has 1 aromatic carbocycles. The monoisotopic (exact) mass is 244 g/mol. The van der Waals surface area contributed by atoms with Crippen LogP contribution in [0.4, 0.5) is 5.69 Å². The van der Waals surface area contributed by atoms with Crippen molar-refractivity contribution in [2.24, 2.45) is 0 Å². The van der Waals surface area contributed by atoms with E-state index in [1.807, 2.05) is 12.1 Å². The molecule has 1 aromatic rings. The minimum absolute atomic E-state index is 0.267. The van der Waals surface area contributed by atoms with Gasteiger partial charge < -0.3 is 9.64 Å². The van der Waals surface area contributed by atoms with Gasteiger partial charge in [-0.25, -0.2) is 0 Å². The zero-order valence-electron chi connectivity index (χ0n) is 11.3. The Bertz CT molecular complexity index is 464. The van der Waals surface area contributed by atoms with Crippen LogP contribution in [0.3, 0.4) is 0 Å². The highest BCUT2D eigenvalue weighted by molar-refractivity contribution is 5.57. The van der Waals surface area contributed by atoms with Crippen molar-refractivity contribution in [1.82, 2.24) is 0 Å². The second-order valence-electron chi connectivity index (χ2n) is 4.97. The lowest BCUT2D eigenvalue weighted by Crippen LogP contribution is -2.49. The zero-order valence-corrected chi connectivity index (χ0v) is 11.3. The van der Waals surface area contributed by atoms with Gasteiger partial charge in [0.15, 0.2) is 0 Å². The first-order valence-electron chi connectivity index (χ1n) is 6.54. The number of rotatable bonds is 2. The van der Waals surface area contributed by atoms with Crippen LogP contribution in [0.15, 0.2) is 18.2 Å². The van der Waals surface area contributed by atoms with Gasteiger partial charge in [0.1, 0.15) is 0 Å². The maximum Gasteiger partial charge on any atom is 0.0991 e. The van der Waals surface area contributed by atoms with E-state index in [-0.39, 0.29) is 6.10 Å². The lowest BCUT2D eigenvalue weighted by atomic mass is 10.0. The predicted octanol–water partition coefficient (Wildman–Crippen LogP) is 2.87. The molecule has 0 N–H and O–H groups in total. The third-order valence-electron chi connectivity index (χ3n) is 3.57. The lowest BCUT2D eigenvalue weighted by molar-refractivity contribution is 0.0299. The molecular weight excluding hydrogens is 224 g/mol. The molecule has 0 saturated carbocycles. The molecule has 2 rings (SSSR count). The second kappa shape index (κ2) is 5.41. The van der Waals surface area contributed by atoms with E-state index in [4.69, 9.17) is 10.00 Å². The fourth-order valence-electron chi connectivity index (χ4n) is 2.52. The summed E-state index contributed by atoms with van der Waals surface area (Å²) in [7, 11) is 0. The zero-order chi connectivity index (χ0) is 13.1. The van der Waals surface area contributed by atoms with Crippen LogP contribution in [0.1, 0.15) is 31.4 Å². The van der Waals surface area contributed by atoms with E-state index in [2.05, 4.69) is 37.8 Å². The Balaban J connectivity index is 2.31. The molecule has 1 aliphatic rings. The van der Waals surface area contributed by atoms with E-state index in [0.29, 0.717) is 6.04 Å². The molecule has 1 aliphatic heterocycles. The Labute approximate surface area is 109 Å². The Hall–Kier alpha value is -1.53. The van der Waals surface area contributed by atoms with Gasteiger partial charge in [-0.1, -0.05) is 6.92 Å². The molecule has 3 heteroatoms. The van der Waals surface area contributed by atoms with Crippen molar-refractivity contribution in [3.63, 3.8) is 0 Å². The van der Waals surface area contributed by atoms with Gasteiger partial charge in [-0.05, 0) is 44.0 Å². The van der Waals surface area contributed by atoms with E-state index in [9.17, 15) is 0 Å². The van der Waals surface area contributed by atoms with Gasteiger partial charge in [0.2, 0.25) is 0 Å². The van der Waals surface area contributed by atoms with Crippen LogP contribution in [-0.4, -0.2) is 25.3 Å². The summed E-state index contributed by atoms with van der Waals surface area (Å²) in [4.78, 5) is 2.42. The molecule has 2 atom stereocenters. The van der Waals surface area contributed by atoms with Crippen LogP contribution in [0, 0.1) is 18.3 Å². The Morgan fingerprint density at radius 3 is 2.89 bits per heavy atom. The molecule has 2 unspecified atom stereocenters. The van der Waals surface area contributed by atoms with Crippen LogP contribution in [0.5, 0.6) is 0 Å². The van der Waals surface area contributed by atoms with E-state index < -0.39 is 0 Å². The molecule has 96 valence electrons. The van der Waals surface area contributed by atoms with E-state index in [0.717, 1.165) is 25.1 Å². The first kappa shape index (κ1) is 12.9. The number of ether oxygens (including phenoxy) is 1. The topological polar surface area (TPSA) is 36.3 Å². The van der Waals surface area contributed by atoms with Gasteiger partial charge in [0.25, 0.3) is 0 Å². The van der Waals surface area contributed by atoms with E-state index >= 15 is 0 Å². The molecule has 18 heavy (non-hydrogen) atoms. The molecule has 0 amide bonds. The summed E-state index contributed by atoms with van der Waals surface area (Å²) >= 11 is 0. The highest BCUT2D eigenvalue weighted by atomic mass is 16.5. The molecule has 1 fully saturated rings. The molecule has 0 bridgehead atoms. The number of hydrogen-bond donors (Lipinski definition) is 0. The summed E-state index contributed by atoms with van der Waals surface area (Å²) in [5.74, 6) is 0. The molecule has 0 aliphatic carbocycles. The van der Waals surface area contributed by atoms with Gasteiger partial charge in [-0.2, -0.15) is 5.26 Å². The first-order valence-corrected chi connectivity index (χ1v) is 6.54. The SMILES string of the molecule is CCC1COC(C)CN1c1ccc(C#N)cc1C. The number of nitriles is 1. The van der Waals surface area contributed by atoms with Crippen LogP contribution < -0.4 is 4.90 Å². The minimum Gasteiger partial charge on any atom is -0.375 e. The van der Waals surface area contributed by atoms with Crippen LogP contribution >= 0.6 is 0 Å². The summed E-state index contributed by atoms with van der Waals surface area (Å²) < 4.78 is 5.72. The van der Waals surface area contributed by atoms with Crippen molar-refractivity contribution in [2.75, 3.05) is 18.1 Å². The molecule has 0 spiro atoms. The number of anilines is 1. The van der Waals surface area contributed by atoms with Gasteiger partial charge in [0, 0.05) is 12.2 Å². The molecule has 0 radical (unpaired) electrons. The highest BCUT2D eigenvalue weighted by Crippen LogP contribution is 2.27. The summed E-state index contributed by atoms with van der Waals surface area (Å²) in [6, 6.07) is 8.55. The normalized spacial score (nSPS) is 23.8. The van der Waals surface area contributed by atoms with Crippen LogP contribution in [-0.2, 0) is 4.74 Å². The van der Waals surface area contributed by atoms with Crippen LogP contribution in [0.2, 0.25) is 0 Å². The number of nitrogens with zero attached hydrogens (tertiary/aromatic N) is 2. The Morgan fingerprint density at radius 2 is 2.28 bits per heavy atom. The maximum atomic E-state index is 8.92. The van der Waals surface area contributed by atoms with E-state index in [1.54, 1.807) is 0 Å². The molecule has 1 heterocycles. The molecule has 1 saturated heterocycles. The maximum absolute atomic E-state index is 8.92. The van der Waals surface area contributed by atoms with Crippen LogP contribution in [0.25, 0.3) is 0 Å². The van der Waals surface area contributed by atoms with Crippen molar-refractivity contribution >= 4 is 5.69 Å². The third-order valence-corrected chi connectivity index (χ3v) is 3.57. The second-order valence-corrected chi connectivity index (χ2v) is 4.97.